The molecule has 0 aliphatic heterocycles. The monoisotopic (exact) mass is 479 g/mol. The molecule has 0 heterocycles. The molecule has 1 aromatic rings. The summed E-state index contributed by atoms with van der Waals surface area (Å²) in [7, 11) is -3.12. The molecule has 2 N–H and O–H groups in total. The van der Waals surface area contributed by atoms with Gasteiger partial charge < -0.3 is 10.6 Å². The van der Waals surface area contributed by atoms with Crippen molar-refractivity contribution < 1.29 is 8.42 Å². The van der Waals surface area contributed by atoms with E-state index in [1.54, 1.807) is 12.1 Å². The first-order valence-electron chi connectivity index (χ1n) is 8.80. The molecule has 25 heavy (non-hydrogen) atoms. The Kier molecular flexibility index (Phi) is 9.78. The van der Waals surface area contributed by atoms with E-state index in [9.17, 15) is 8.42 Å². The number of halogens is 1. The largest absolute Gasteiger partial charge is 0.357 e. The predicted octanol–water partition coefficient (Wildman–Crippen LogP) is 3.00. The van der Waals surface area contributed by atoms with Crippen molar-refractivity contribution in [2.24, 2.45) is 10.9 Å². The highest BCUT2D eigenvalue weighted by molar-refractivity contribution is 14.0. The minimum atomic E-state index is -3.12. The van der Waals surface area contributed by atoms with Gasteiger partial charge in [-0.1, -0.05) is 25.0 Å². The molecule has 0 bridgehead atoms. The Morgan fingerprint density at radius 3 is 2.44 bits per heavy atom. The second-order valence-electron chi connectivity index (χ2n) is 6.44. The van der Waals surface area contributed by atoms with Crippen LogP contribution in [0.3, 0.4) is 0 Å². The lowest BCUT2D eigenvalue weighted by atomic mass is 10.1. The third-order valence-corrected chi connectivity index (χ3v) is 5.27. The fourth-order valence-electron chi connectivity index (χ4n) is 2.55. The van der Waals surface area contributed by atoms with Crippen LogP contribution in [0.1, 0.15) is 38.2 Å². The topological polar surface area (TPSA) is 70.6 Å². The smallest absolute Gasteiger partial charge is 0.191 e. The molecular weight excluding hydrogens is 449 g/mol. The van der Waals surface area contributed by atoms with Gasteiger partial charge in [-0.15, -0.1) is 24.0 Å². The first kappa shape index (κ1) is 22.2. The zero-order valence-corrected chi connectivity index (χ0v) is 18.3. The van der Waals surface area contributed by atoms with Crippen LogP contribution in [0, 0.1) is 5.92 Å². The number of rotatable bonds is 9. The highest BCUT2D eigenvalue weighted by Gasteiger charge is 2.19. The lowest BCUT2D eigenvalue weighted by molar-refractivity contribution is 0.602. The SMILES string of the molecule is CCNC(=NCCCC1CC1)NCCc1ccc(S(C)(=O)=O)cc1.I. The van der Waals surface area contributed by atoms with Crippen LogP contribution in [0.25, 0.3) is 0 Å². The molecule has 1 aliphatic rings. The summed E-state index contributed by atoms with van der Waals surface area (Å²) in [5.74, 6) is 1.83. The van der Waals surface area contributed by atoms with Crippen molar-refractivity contribution in [1.82, 2.24) is 10.6 Å². The van der Waals surface area contributed by atoms with Crippen molar-refractivity contribution in [2.75, 3.05) is 25.9 Å². The Labute approximate surface area is 169 Å². The van der Waals surface area contributed by atoms with Gasteiger partial charge >= 0.3 is 0 Å². The lowest BCUT2D eigenvalue weighted by Crippen LogP contribution is -2.38. The molecule has 7 heteroatoms. The van der Waals surface area contributed by atoms with E-state index < -0.39 is 9.84 Å². The van der Waals surface area contributed by atoms with Gasteiger partial charge in [0.15, 0.2) is 15.8 Å². The first-order valence-corrected chi connectivity index (χ1v) is 10.7. The van der Waals surface area contributed by atoms with Crippen LogP contribution in [0.4, 0.5) is 0 Å². The zero-order chi connectivity index (χ0) is 17.4. The summed E-state index contributed by atoms with van der Waals surface area (Å²) < 4.78 is 22.9. The Balaban J connectivity index is 0.00000312. The number of nitrogens with one attached hydrogen (secondary N) is 2. The third-order valence-electron chi connectivity index (χ3n) is 4.14. The summed E-state index contributed by atoms with van der Waals surface area (Å²) >= 11 is 0. The molecule has 2 rings (SSSR count). The lowest BCUT2D eigenvalue weighted by Gasteiger charge is -2.11. The molecule has 0 amide bonds. The van der Waals surface area contributed by atoms with Crippen molar-refractivity contribution >= 4 is 39.8 Å². The average Bonchev–Trinajstić information content (AvgIpc) is 3.35. The zero-order valence-electron chi connectivity index (χ0n) is 15.1. The second kappa shape index (κ2) is 11.0. The number of benzene rings is 1. The number of guanidine groups is 1. The van der Waals surface area contributed by atoms with E-state index in [0.717, 1.165) is 49.9 Å². The Morgan fingerprint density at radius 2 is 1.88 bits per heavy atom. The standard InChI is InChI=1S/C18H29N3O2S.HI/c1-3-19-18(20-13-4-5-15-6-7-15)21-14-12-16-8-10-17(11-9-16)24(2,22)23;/h8-11,15H,3-7,12-14H2,1-2H3,(H2,19,20,21);1H. The summed E-state index contributed by atoms with van der Waals surface area (Å²) in [6, 6.07) is 7.08. The summed E-state index contributed by atoms with van der Waals surface area (Å²) in [6.45, 7) is 4.55. The summed E-state index contributed by atoms with van der Waals surface area (Å²) in [5.41, 5.74) is 1.11. The maximum Gasteiger partial charge on any atom is 0.191 e. The fourth-order valence-corrected chi connectivity index (χ4v) is 3.18. The van der Waals surface area contributed by atoms with Crippen LogP contribution in [-0.4, -0.2) is 40.3 Å². The van der Waals surface area contributed by atoms with Gasteiger partial charge in [0.25, 0.3) is 0 Å². The fraction of sp³-hybridized carbons (Fsp3) is 0.611. The van der Waals surface area contributed by atoms with Gasteiger partial charge in [-0.25, -0.2) is 8.42 Å². The molecule has 1 aromatic carbocycles. The van der Waals surface area contributed by atoms with Gasteiger partial charge in [-0.3, -0.25) is 4.99 Å². The van der Waals surface area contributed by atoms with Crippen LogP contribution in [0.2, 0.25) is 0 Å². The first-order chi connectivity index (χ1) is 11.5. The van der Waals surface area contributed by atoms with E-state index in [0.29, 0.717) is 4.90 Å². The van der Waals surface area contributed by atoms with Gasteiger partial charge in [-0.05, 0) is 49.8 Å². The van der Waals surface area contributed by atoms with E-state index in [1.807, 2.05) is 12.1 Å². The molecule has 0 spiro atoms. The third kappa shape index (κ3) is 8.89. The molecule has 0 aromatic heterocycles. The van der Waals surface area contributed by atoms with Crippen molar-refractivity contribution in [1.29, 1.82) is 0 Å². The van der Waals surface area contributed by atoms with Crippen LogP contribution in [-0.2, 0) is 16.3 Å². The minimum absolute atomic E-state index is 0. The van der Waals surface area contributed by atoms with E-state index in [4.69, 9.17) is 0 Å². The molecule has 0 saturated heterocycles. The normalized spacial score (nSPS) is 14.7. The van der Waals surface area contributed by atoms with Crippen LogP contribution in [0.15, 0.2) is 34.2 Å². The van der Waals surface area contributed by atoms with Gasteiger partial charge in [-0.2, -0.15) is 0 Å². The molecule has 1 fully saturated rings. The van der Waals surface area contributed by atoms with Gasteiger partial charge in [0.2, 0.25) is 0 Å². The van der Waals surface area contributed by atoms with Gasteiger partial charge in [0, 0.05) is 25.9 Å². The van der Waals surface area contributed by atoms with Crippen LogP contribution < -0.4 is 10.6 Å². The molecule has 0 unspecified atom stereocenters. The molecular formula is C18H30IN3O2S. The number of hydrogen-bond acceptors (Lipinski definition) is 3. The summed E-state index contributed by atoms with van der Waals surface area (Å²) in [6.07, 6.45) is 7.33. The molecule has 1 aliphatic carbocycles. The van der Waals surface area contributed by atoms with E-state index in [1.165, 1.54) is 25.5 Å². The summed E-state index contributed by atoms with van der Waals surface area (Å²) in [4.78, 5) is 4.97. The van der Waals surface area contributed by atoms with Crippen molar-refractivity contribution in [3.8, 4) is 0 Å². The Bertz CT molecular complexity index is 641. The van der Waals surface area contributed by atoms with E-state index >= 15 is 0 Å². The number of hydrogen-bond donors (Lipinski definition) is 2. The highest BCUT2D eigenvalue weighted by Crippen LogP contribution is 2.33. The van der Waals surface area contributed by atoms with Gasteiger partial charge in [0.1, 0.15) is 0 Å². The molecule has 0 atom stereocenters. The average molecular weight is 479 g/mol. The number of nitrogens with zero attached hydrogens (tertiary/aromatic N) is 1. The van der Waals surface area contributed by atoms with Crippen LogP contribution in [0.5, 0.6) is 0 Å². The van der Waals surface area contributed by atoms with Crippen molar-refractivity contribution in [2.45, 2.75) is 43.9 Å². The number of aliphatic imine (C=N–C) groups is 1. The second-order valence-corrected chi connectivity index (χ2v) is 8.45. The van der Waals surface area contributed by atoms with Gasteiger partial charge in [0.05, 0.1) is 4.90 Å². The highest BCUT2D eigenvalue weighted by atomic mass is 127. The summed E-state index contributed by atoms with van der Waals surface area (Å²) in [5, 5.41) is 6.60. The molecule has 0 radical (unpaired) electrons. The molecule has 142 valence electrons. The van der Waals surface area contributed by atoms with E-state index in [-0.39, 0.29) is 24.0 Å². The van der Waals surface area contributed by atoms with Crippen LogP contribution >= 0.6 is 24.0 Å². The van der Waals surface area contributed by atoms with E-state index in [2.05, 4.69) is 22.5 Å². The quantitative estimate of drug-likeness (QED) is 0.247. The maximum atomic E-state index is 11.5. The predicted molar refractivity (Wildman–Crippen MR) is 115 cm³/mol. The number of sulfone groups is 1. The molecule has 5 nitrogen and oxygen atoms in total. The maximum absolute atomic E-state index is 11.5. The van der Waals surface area contributed by atoms with Crippen molar-refractivity contribution in [3.05, 3.63) is 29.8 Å². The Hall–Kier alpha value is -0.830. The Morgan fingerprint density at radius 1 is 1.20 bits per heavy atom. The van der Waals surface area contributed by atoms with Crippen molar-refractivity contribution in [3.63, 3.8) is 0 Å². The minimum Gasteiger partial charge on any atom is -0.357 e. The molecule has 1 saturated carbocycles.